The van der Waals surface area contributed by atoms with Crippen LogP contribution in [0.5, 0.6) is 0 Å². The van der Waals surface area contributed by atoms with Crippen molar-refractivity contribution in [2.75, 3.05) is 0 Å². The quantitative estimate of drug-likeness (QED) is 0.245. The van der Waals surface area contributed by atoms with Gasteiger partial charge in [0, 0.05) is 16.2 Å². The van der Waals surface area contributed by atoms with Gasteiger partial charge in [-0.2, -0.15) is 5.26 Å². The van der Waals surface area contributed by atoms with Crippen molar-refractivity contribution >= 4 is 43.7 Å². The fourth-order valence-corrected chi connectivity index (χ4v) is 4.26. The molecule has 0 amide bonds. The predicted octanol–water partition coefficient (Wildman–Crippen LogP) is 8.77. The van der Waals surface area contributed by atoms with Crippen LogP contribution < -0.4 is 0 Å². The van der Waals surface area contributed by atoms with Crippen molar-refractivity contribution in [3.63, 3.8) is 0 Å². The zero-order valence-corrected chi connectivity index (χ0v) is 19.2. The van der Waals surface area contributed by atoms with Crippen molar-refractivity contribution in [1.82, 2.24) is 4.57 Å². The van der Waals surface area contributed by atoms with E-state index in [0.29, 0.717) is 5.56 Å². The highest BCUT2D eigenvalue weighted by atomic mass is 16.3. The molecular weight excluding hydrogens is 404 g/mol. The van der Waals surface area contributed by atoms with E-state index in [9.17, 15) is 5.26 Å². The number of fused-ring (bicyclic) bond motifs is 7. The van der Waals surface area contributed by atoms with Gasteiger partial charge in [-0.05, 0) is 43.3 Å². The number of nitriles is 1. The lowest BCUT2D eigenvalue weighted by Gasteiger charge is -2.09. The third kappa shape index (κ3) is 3.56. The van der Waals surface area contributed by atoms with Crippen molar-refractivity contribution in [2.45, 2.75) is 20.8 Å². The minimum atomic E-state index is 0.648. The average Bonchev–Trinajstić information content (AvgIpc) is 3.41. The fourth-order valence-electron chi connectivity index (χ4n) is 4.26. The topological polar surface area (TPSA) is 41.9 Å². The van der Waals surface area contributed by atoms with Crippen LogP contribution in [0, 0.1) is 11.3 Å². The van der Waals surface area contributed by atoms with Crippen LogP contribution in [0.1, 0.15) is 26.3 Å². The molecule has 3 nitrogen and oxygen atoms in total. The van der Waals surface area contributed by atoms with E-state index in [4.69, 9.17) is 4.42 Å². The summed E-state index contributed by atoms with van der Waals surface area (Å²) in [6.07, 6.45) is 1.75. The minimum Gasteiger partial charge on any atom is -0.455 e. The number of hydrogen-bond acceptors (Lipinski definition) is 2. The predicted molar refractivity (Wildman–Crippen MR) is 140 cm³/mol. The van der Waals surface area contributed by atoms with Gasteiger partial charge < -0.3 is 8.98 Å². The number of nitrogens with zero attached hydrogens (tertiary/aromatic N) is 2. The highest BCUT2D eigenvalue weighted by molar-refractivity contribution is 6.23. The number of benzene rings is 4. The second kappa shape index (κ2) is 9.46. The standard InChI is InChI=1S/C25H14N2O.C3H6.C2H6/c26-15-16-7-1-4-10-20(16)27-21-11-5-2-9-19(21)24-22(27)14-13-18-17-8-3-6-12-23(17)28-25(18)24;1-3-2;1-2/h1-14H;3H,1H2,2H3;1-2H3. The smallest absolute Gasteiger partial charge is 0.145 e. The second-order valence-corrected chi connectivity index (χ2v) is 7.32. The SMILES string of the molecule is C=CC.CC.N#Cc1ccccc1-n1c2ccccc2c2c3oc4ccccc4c3ccc21. The third-order valence-corrected chi connectivity index (χ3v) is 5.45. The molecule has 162 valence electrons. The van der Waals surface area contributed by atoms with Crippen molar-refractivity contribution in [3.05, 3.63) is 103 Å². The lowest BCUT2D eigenvalue weighted by molar-refractivity contribution is 0.673. The Balaban J connectivity index is 0.000000482. The van der Waals surface area contributed by atoms with E-state index in [1.54, 1.807) is 6.08 Å². The second-order valence-electron chi connectivity index (χ2n) is 7.32. The van der Waals surface area contributed by atoms with Gasteiger partial charge in [-0.15, -0.1) is 6.58 Å². The Morgan fingerprint density at radius 1 is 0.788 bits per heavy atom. The summed E-state index contributed by atoms with van der Waals surface area (Å²) >= 11 is 0. The summed E-state index contributed by atoms with van der Waals surface area (Å²) in [6, 6.07) is 30.7. The van der Waals surface area contributed by atoms with E-state index < -0.39 is 0 Å². The largest absolute Gasteiger partial charge is 0.455 e. The summed E-state index contributed by atoms with van der Waals surface area (Å²) in [6.45, 7) is 9.25. The number of aromatic nitrogens is 1. The van der Waals surface area contributed by atoms with Gasteiger partial charge >= 0.3 is 0 Å². The summed E-state index contributed by atoms with van der Waals surface area (Å²) in [5.41, 5.74) is 5.41. The Bertz CT molecular complexity index is 1630. The molecule has 0 bridgehead atoms. The van der Waals surface area contributed by atoms with Crippen LogP contribution in [0.25, 0.3) is 49.4 Å². The number of hydrogen-bond donors (Lipinski definition) is 0. The molecular formula is C30H26N2O. The number of furan rings is 1. The average molecular weight is 431 g/mol. The Kier molecular flexibility index (Phi) is 6.29. The molecule has 33 heavy (non-hydrogen) atoms. The van der Waals surface area contributed by atoms with Crippen molar-refractivity contribution in [3.8, 4) is 11.8 Å². The van der Waals surface area contributed by atoms with E-state index in [-0.39, 0.29) is 0 Å². The molecule has 6 aromatic rings. The van der Waals surface area contributed by atoms with Gasteiger partial charge in [-0.3, -0.25) is 0 Å². The first kappa shape index (κ1) is 21.9. The molecule has 0 saturated heterocycles. The Morgan fingerprint density at radius 3 is 2.18 bits per heavy atom. The van der Waals surface area contributed by atoms with Gasteiger partial charge in [0.2, 0.25) is 0 Å². The van der Waals surface area contributed by atoms with Crippen molar-refractivity contribution < 1.29 is 4.42 Å². The van der Waals surface area contributed by atoms with Crippen LogP contribution in [0.15, 0.2) is 102 Å². The first-order chi connectivity index (χ1) is 16.3. The van der Waals surface area contributed by atoms with Crippen LogP contribution in [0.4, 0.5) is 0 Å². The summed E-state index contributed by atoms with van der Waals surface area (Å²) in [5.74, 6) is 0. The molecule has 0 N–H and O–H groups in total. The summed E-state index contributed by atoms with van der Waals surface area (Å²) in [4.78, 5) is 0. The molecule has 6 rings (SSSR count). The normalized spacial score (nSPS) is 10.4. The van der Waals surface area contributed by atoms with E-state index in [0.717, 1.165) is 49.4 Å². The molecule has 0 saturated carbocycles. The summed E-state index contributed by atoms with van der Waals surface area (Å²) in [5, 5.41) is 14.1. The Morgan fingerprint density at radius 2 is 1.42 bits per heavy atom. The van der Waals surface area contributed by atoms with E-state index in [2.05, 4.69) is 47.5 Å². The summed E-state index contributed by atoms with van der Waals surface area (Å²) < 4.78 is 8.46. The number of para-hydroxylation sites is 3. The molecule has 0 fully saturated rings. The molecule has 0 atom stereocenters. The molecule has 0 aliphatic rings. The number of allylic oxidation sites excluding steroid dienone is 1. The lowest BCUT2D eigenvalue weighted by atomic mass is 10.1. The molecule has 2 heterocycles. The summed E-state index contributed by atoms with van der Waals surface area (Å²) in [7, 11) is 0. The van der Waals surface area contributed by atoms with Crippen LogP contribution in [-0.2, 0) is 0 Å². The van der Waals surface area contributed by atoms with Gasteiger partial charge in [0.15, 0.2) is 0 Å². The van der Waals surface area contributed by atoms with Gasteiger partial charge in [0.05, 0.1) is 27.7 Å². The van der Waals surface area contributed by atoms with Crippen molar-refractivity contribution in [1.29, 1.82) is 5.26 Å². The van der Waals surface area contributed by atoms with Gasteiger partial charge in [-0.1, -0.05) is 68.5 Å². The number of rotatable bonds is 1. The van der Waals surface area contributed by atoms with Crippen LogP contribution in [0.3, 0.4) is 0 Å². The molecule has 2 aromatic heterocycles. The maximum absolute atomic E-state index is 9.65. The van der Waals surface area contributed by atoms with Gasteiger partial charge in [0.25, 0.3) is 0 Å². The van der Waals surface area contributed by atoms with Crippen molar-refractivity contribution in [2.24, 2.45) is 0 Å². The molecule has 0 radical (unpaired) electrons. The zero-order valence-electron chi connectivity index (χ0n) is 19.2. The monoisotopic (exact) mass is 430 g/mol. The van der Waals surface area contributed by atoms with Crippen LogP contribution >= 0.6 is 0 Å². The van der Waals surface area contributed by atoms with E-state index in [1.807, 2.05) is 75.4 Å². The molecule has 0 spiro atoms. The molecule has 0 aliphatic heterocycles. The minimum absolute atomic E-state index is 0.648. The first-order valence-corrected chi connectivity index (χ1v) is 11.2. The van der Waals surface area contributed by atoms with E-state index >= 15 is 0 Å². The van der Waals surface area contributed by atoms with Gasteiger partial charge in [0.1, 0.15) is 17.2 Å². The third-order valence-electron chi connectivity index (χ3n) is 5.45. The Labute approximate surface area is 193 Å². The van der Waals surface area contributed by atoms with Crippen LogP contribution in [-0.4, -0.2) is 4.57 Å². The van der Waals surface area contributed by atoms with E-state index in [1.165, 1.54) is 0 Å². The maximum Gasteiger partial charge on any atom is 0.145 e. The Hall–Kier alpha value is -4.29. The molecule has 0 unspecified atom stereocenters. The maximum atomic E-state index is 9.65. The van der Waals surface area contributed by atoms with Crippen LogP contribution in [0.2, 0.25) is 0 Å². The zero-order chi connectivity index (χ0) is 23.4. The highest BCUT2D eigenvalue weighted by Gasteiger charge is 2.19. The molecule has 0 aliphatic carbocycles. The fraction of sp³-hybridized carbons (Fsp3) is 0.100. The molecule has 4 aromatic carbocycles. The molecule has 3 heteroatoms. The lowest BCUT2D eigenvalue weighted by Crippen LogP contribution is -1.96. The first-order valence-electron chi connectivity index (χ1n) is 11.2. The van der Waals surface area contributed by atoms with Gasteiger partial charge in [-0.25, -0.2) is 0 Å². The highest BCUT2D eigenvalue weighted by Crippen LogP contribution is 2.40.